The van der Waals surface area contributed by atoms with E-state index in [-0.39, 0.29) is 18.3 Å². The van der Waals surface area contributed by atoms with Crippen LogP contribution in [0.5, 0.6) is 0 Å². The van der Waals surface area contributed by atoms with E-state index in [1.165, 1.54) is 6.20 Å². The Hall–Kier alpha value is -3.75. The van der Waals surface area contributed by atoms with Gasteiger partial charge in [-0.05, 0) is 36.2 Å². The van der Waals surface area contributed by atoms with Crippen LogP contribution in [-0.4, -0.2) is 26.8 Å². The van der Waals surface area contributed by atoms with Crippen molar-refractivity contribution in [3.8, 4) is 0 Å². The van der Waals surface area contributed by atoms with Crippen LogP contribution in [0.15, 0.2) is 53.5 Å². The van der Waals surface area contributed by atoms with Gasteiger partial charge < -0.3 is 10.2 Å². The molecule has 3 aromatic rings. The molecule has 1 aliphatic heterocycles. The summed E-state index contributed by atoms with van der Waals surface area (Å²) in [7, 11) is 0. The molecule has 9 nitrogen and oxygen atoms in total. The molecule has 2 aromatic heterocycles. The molecule has 0 radical (unpaired) electrons. The number of nitrogens with one attached hydrogen (secondary N) is 1. The van der Waals surface area contributed by atoms with E-state index in [0.29, 0.717) is 18.6 Å². The standard InChI is InChI=1S/C19H17N5O4/c25-16-5-3-11-22(16)14-8-6-13(7-9-14)12-20-18-17(24(27)28)19(26)23-10-2-1-4-15(23)21-18/h1-2,4,6-10,20H,3,5,11-12H2. The van der Waals surface area contributed by atoms with Crippen LogP contribution in [0.4, 0.5) is 17.2 Å². The fraction of sp³-hybridized carbons (Fsp3) is 0.211. The van der Waals surface area contributed by atoms with Crippen LogP contribution in [-0.2, 0) is 11.3 Å². The third kappa shape index (κ3) is 3.18. The van der Waals surface area contributed by atoms with Crippen LogP contribution >= 0.6 is 0 Å². The van der Waals surface area contributed by atoms with E-state index < -0.39 is 16.2 Å². The zero-order valence-corrected chi connectivity index (χ0v) is 14.9. The Bertz CT molecular complexity index is 1120. The number of fused-ring (bicyclic) bond motifs is 1. The van der Waals surface area contributed by atoms with E-state index >= 15 is 0 Å². The van der Waals surface area contributed by atoms with Crippen molar-refractivity contribution in [2.24, 2.45) is 0 Å². The first-order valence-electron chi connectivity index (χ1n) is 8.83. The third-order valence-corrected chi connectivity index (χ3v) is 4.67. The lowest BCUT2D eigenvalue weighted by atomic mass is 10.2. The Balaban J connectivity index is 1.58. The van der Waals surface area contributed by atoms with Gasteiger partial charge >= 0.3 is 11.2 Å². The molecule has 1 aliphatic rings. The second-order valence-corrected chi connectivity index (χ2v) is 6.47. The number of benzene rings is 1. The van der Waals surface area contributed by atoms with Crippen molar-refractivity contribution in [1.82, 2.24) is 9.38 Å². The Labute approximate surface area is 159 Å². The largest absolute Gasteiger partial charge is 0.376 e. The molecule has 142 valence electrons. The van der Waals surface area contributed by atoms with Crippen LogP contribution in [0.25, 0.3) is 5.65 Å². The number of carbonyl (C=O) groups excluding carboxylic acids is 1. The van der Waals surface area contributed by atoms with E-state index in [2.05, 4.69) is 10.3 Å². The van der Waals surface area contributed by atoms with E-state index in [4.69, 9.17) is 0 Å². The summed E-state index contributed by atoms with van der Waals surface area (Å²) in [5.41, 5.74) is 0.673. The van der Waals surface area contributed by atoms with Crippen molar-refractivity contribution in [2.45, 2.75) is 19.4 Å². The summed E-state index contributed by atoms with van der Waals surface area (Å²) >= 11 is 0. The Kier molecular flexibility index (Phi) is 4.48. The quantitative estimate of drug-likeness (QED) is 0.538. The SMILES string of the molecule is O=C1CCCN1c1ccc(CNc2nc3ccccn3c(=O)c2[N+](=O)[O-])cc1. The van der Waals surface area contributed by atoms with E-state index in [1.807, 2.05) is 24.3 Å². The van der Waals surface area contributed by atoms with E-state index in [9.17, 15) is 19.7 Å². The van der Waals surface area contributed by atoms with Gasteiger partial charge in [0.1, 0.15) is 5.65 Å². The molecule has 0 atom stereocenters. The second-order valence-electron chi connectivity index (χ2n) is 6.47. The molecule has 1 fully saturated rings. The number of hydrogen-bond donors (Lipinski definition) is 1. The van der Waals surface area contributed by atoms with Crippen LogP contribution in [0.1, 0.15) is 18.4 Å². The van der Waals surface area contributed by atoms with Gasteiger partial charge in [0.15, 0.2) is 0 Å². The molecule has 0 bridgehead atoms. The van der Waals surface area contributed by atoms with Crippen LogP contribution in [0, 0.1) is 10.1 Å². The van der Waals surface area contributed by atoms with Gasteiger partial charge in [-0.3, -0.25) is 24.1 Å². The average molecular weight is 379 g/mol. The van der Waals surface area contributed by atoms with Crippen LogP contribution < -0.4 is 15.8 Å². The highest BCUT2D eigenvalue weighted by molar-refractivity contribution is 5.95. The maximum absolute atomic E-state index is 12.4. The van der Waals surface area contributed by atoms with E-state index in [1.54, 1.807) is 23.1 Å². The maximum Gasteiger partial charge on any atom is 0.376 e. The topological polar surface area (TPSA) is 110 Å². The number of aromatic nitrogens is 2. The summed E-state index contributed by atoms with van der Waals surface area (Å²) < 4.78 is 1.14. The lowest BCUT2D eigenvalue weighted by molar-refractivity contribution is -0.385. The molecule has 0 aliphatic carbocycles. The summed E-state index contributed by atoms with van der Waals surface area (Å²) in [6.45, 7) is 0.970. The molecule has 1 amide bonds. The molecular formula is C19H17N5O4. The molecular weight excluding hydrogens is 362 g/mol. The molecule has 0 saturated carbocycles. The maximum atomic E-state index is 12.4. The summed E-state index contributed by atoms with van der Waals surface area (Å²) in [6, 6.07) is 12.3. The number of nitrogens with zero attached hydrogens (tertiary/aromatic N) is 4. The minimum Gasteiger partial charge on any atom is -0.360 e. The fourth-order valence-corrected chi connectivity index (χ4v) is 3.27. The van der Waals surface area contributed by atoms with Crippen molar-refractivity contribution in [3.05, 3.63) is 74.7 Å². The summed E-state index contributed by atoms with van der Waals surface area (Å²) in [4.78, 5) is 40.9. The number of hydrogen-bond acceptors (Lipinski definition) is 6. The second kappa shape index (κ2) is 7.10. The van der Waals surface area contributed by atoms with Crippen LogP contribution in [0.3, 0.4) is 0 Å². The number of rotatable bonds is 5. The van der Waals surface area contributed by atoms with Gasteiger partial charge in [0.05, 0.1) is 4.92 Å². The molecule has 1 N–H and O–H groups in total. The van der Waals surface area contributed by atoms with Gasteiger partial charge in [0.2, 0.25) is 11.7 Å². The zero-order valence-electron chi connectivity index (χ0n) is 14.9. The van der Waals surface area contributed by atoms with Crippen molar-refractivity contribution < 1.29 is 9.72 Å². The first kappa shape index (κ1) is 17.7. The summed E-state index contributed by atoms with van der Waals surface area (Å²) in [5, 5.41) is 14.3. The highest BCUT2D eigenvalue weighted by Gasteiger charge is 2.24. The highest BCUT2D eigenvalue weighted by Crippen LogP contribution is 2.23. The predicted octanol–water partition coefficient (Wildman–Crippen LogP) is 2.34. The van der Waals surface area contributed by atoms with Gasteiger partial charge in [0.25, 0.3) is 0 Å². The molecule has 1 aromatic carbocycles. The lowest BCUT2D eigenvalue weighted by Gasteiger charge is -2.16. The average Bonchev–Trinajstić information content (AvgIpc) is 3.12. The van der Waals surface area contributed by atoms with Crippen molar-refractivity contribution >= 4 is 28.7 Å². The monoisotopic (exact) mass is 379 g/mol. The normalized spacial score (nSPS) is 13.9. The highest BCUT2D eigenvalue weighted by atomic mass is 16.6. The minimum absolute atomic E-state index is 0.0694. The van der Waals surface area contributed by atoms with Crippen molar-refractivity contribution in [1.29, 1.82) is 0 Å². The number of anilines is 2. The molecule has 9 heteroatoms. The lowest BCUT2D eigenvalue weighted by Crippen LogP contribution is -2.23. The molecule has 0 unspecified atom stereocenters. The molecule has 28 heavy (non-hydrogen) atoms. The number of amides is 1. The number of nitro groups is 1. The first-order valence-corrected chi connectivity index (χ1v) is 8.83. The molecule has 0 spiro atoms. The summed E-state index contributed by atoms with van der Waals surface area (Å²) in [5.74, 6) is 0.0438. The number of pyridine rings is 1. The van der Waals surface area contributed by atoms with Gasteiger partial charge in [0, 0.05) is 31.4 Å². The number of carbonyl (C=O) groups is 1. The molecule has 3 heterocycles. The Morgan fingerprint density at radius 1 is 1.14 bits per heavy atom. The van der Waals surface area contributed by atoms with Crippen molar-refractivity contribution in [2.75, 3.05) is 16.8 Å². The minimum atomic E-state index is -0.735. The van der Waals surface area contributed by atoms with Gasteiger partial charge in [-0.2, -0.15) is 0 Å². The smallest absolute Gasteiger partial charge is 0.360 e. The third-order valence-electron chi connectivity index (χ3n) is 4.67. The summed E-state index contributed by atoms with van der Waals surface area (Å²) in [6.07, 6.45) is 2.87. The zero-order chi connectivity index (χ0) is 19.7. The van der Waals surface area contributed by atoms with Crippen LogP contribution in [0.2, 0.25) is 0 Å². The Morgan fingerprint density at radius 3 is 2.61 bits per heavy atom. The van der Waals surface area contributed by atoms with Crippen molar-refractivity contribution in [3.63, 3.8) is 0 Å². The predicted molar refractivity (Wildman–Crippen MR) is 103 cm³/mol. The molecule has 4 rings (SSSR count). The molecule has 1 saturated heterocycles. The van der Waals surface area contributed by atoms with Gasteiger partial charge in [-0.25, -0.2) is 4.98 Å². The van der Waals surface area contributed by atoms with Gasteiger partial charge in [-0.15, -0.1) is 0 Å². The van der Waals surface area contributed by atoms with E-state index in [0.717, 1.165) is 22.1 Å². The van der Waals surface area contributed by atoms with Gasteiger partial charge in [-0.1, -0.05) is 18.2 Å². The first-order chi connectivity index (χ1) is 13.5. The Morgan fingerprint density at radius 2 is 1.93 bits per heavy atom. The fourth-order valence-electron chi connectivity index (χ4n) is 3.27.